The van der Waals surface area contributed by atoms with Crippen molar-refractivity contribution in [2.45, 2.75) is 32.2 Å². The Morgan fingerprint density at radius 1 is 0.914 bits per heavy atom. The molecule has 3 aromatic rings. The monoisotopic (exact) mass is 470 g/mol. The van der Waals surface area contributed by atoms with Crippen molar-refractivity contribution in [3.05, 3.63) is 83.9 Å². The molecule has 0 saturated carbocycles. The number of ether oxygens (including phenoxy) is 1. The second kappa shape index (κ2) is 10.5. The van der Waals surface area contributed by atoms with Crippen LogP contribution in [0, 0.1) is 0 Å². The SMILES string of the molecule is CCOC(=O)[C@H](C)N(C(=O)CC1c2ccccc2-c2ccccc21)c1ccc(N=NN(C)C)cc1. The topological polar surface area (TPSA) is 74.6 Å². The van der Waals surface area contributed by atoms with Crippen LogP contribution in [0.1, 0.15) is 37.3 Å². The van der Waals surface area contributed by atoms with Gasteiger partial charge in [0.25, 0.3) is 0 Å². The lowest BCUT2D eigenvalue weighted by atomic mass is 9.92. The summed E-state index contributed by atoms with van der Waals surface area (Å²) in [6.07, 6.45) is 0.236. The average Bonchev–Trinajstić information content (AvgIpc) is 3.17. The standard InChI is InChI=1S/C28H30N4O3/c1-5-35-28(34)19(2)32(21-16-14-20(15-17-21)29-30-31(3)4)27(33)18-26-24-12-8-6-10-22(24)23-11-7-9-13-25(23)26/h6-17,19,26H,5,18H2,1-4H3/t19-/m0/s1. The molecule has 7 nitrogen and oxygen atoms in total. The molecule has 4 rings (SSSR count). The third-order valence-corrected chi connectivity index (χ3v) is 6.09. The number of carbonyl (C=O) groups is 2. The number of fused-ring (bicyclic) bond motifs is 3. The first kappa shape index (κ1) is 24.1. The van der Waals surface area contributed by atoms with Gasteiger partial charge in [0.15, 0.2) is 0 Å². The van der Waals surface area contributed by atoms with Crippen LogP contribution in [0.4, 0.5) is 11.4 Å². The lowest BCUT2D eigenvalue weighted by Crippen LogP contribution is -2.44. The highest BCUT2D eigenvalue weighted by molar-refractivity contribution is 6.00. The van der Waals surface area contributed by atoms with E-state index in [4.69, 9.17) is 4.74 Å². The normalized spacial score (nSPS) is 13.3. The van der Waals surface area contributed by atoms with Crippen LogP contribution in [0.3, 0.4) is 0 Å². The molecular formula is C28H30N4O3. The van der Waals surface area contributed by atoms with Gasteiger partial charge in [-0.15, -0.1) is 5.11 Å². The summed E-state index contributed by atoms with van der Waals surface area (Å²) in [4.78, 5) is 28.1. The minimum atomic E-state index is -0.774. The second-order valence-corrected chi connectivity index (χ2v) is 8.68. The molecule has 3 aromatic carbocycles. The quantitative estimate of drug-likeness (QED) is 0.239. The third-order valence-electron chi connectivity index (χ3n) is 6.09. The van der Waals surface area contributed by atoms with Gasteiger partial charge in [0.2, 0.25) is 5.91 Å². The zero-order valence-corrected chi connectivity index (χ0v) is 20.5. The van der Waals surface area contributed by atoms with E-state index in [0.29, 0.717) is 11.4 Å². The molecule has 7 heteroatoms. The lowest BCUT2D eigenvalue weighted by molar-refractivity contribution is -0.145. The number of rotatable bonds is 8. The van der Waals surface area contributed by atoms with Crippen LogP contribution in [0.25, 0.3) is 11.1 Å². The van der Waals surface area contributed by atoms with Gasteiger partial charge in [-0.05, 0) is 60.4 Å². The summed E-state index contributed by atoms with van der Waals surface area (Å²) >= 11 is 0. The predicted octanol–water partition coefficient (Wildman–Crippen LogP) is 5.73. The largest absolute Gasteiger partial charge is 0.464 e. The van der Waals surface area contributed by atoms with E-state index < -0.39 is 12.0 Å². The zero-order valence-electron chi connectivity index (χ0n) is 20.5. The number of hydrogen-bond acceptors (Lipinski definition) is 5. The highest BCUT2D eigenvalue weighted by Crippen LogP contribution is 2.46. The summed E-state index contributed by atoms with van der Waals surface area (Å²) in [5, 5.41) is 9.76. The predicted molar refractivity (Wildman–Crippen MR) is 137 cm³/mol. The summed E-state index contributed by atoms with van der Waals surface area (Å²) < 4.78 is 5.26. The van der Waals surface area contributed by atoms with Crippen LogP contribution in [-0.2, 0) is 14.3 Å². The fourth-order valence-electron chi connectivity index (χ4n) is 4.53. The molecule has 35 heavy (non-hydrogen) atoms. The molecule has 0 radical (unpaired) electrons. The van der Waals surface area contributed by atoms with Crippen molar-refractivity contribution in [3.63, 3.8) is 0 Å². The molecule has 180 valence electrons. The number of anilines is 1. The summed E-state index contributed by atoms with van der Waals surface area (Å²) in [5.74, 6) is -0.672. The molecule has 0 spiro atoms. The Morgan fingerprint density at radius 2 is 1.49 bits per heavy atom. The third kappa shape index (κ3) is 5.09. The molecule has 1 amide bonds. The van der Waals surface area contributed by atoms with Gasteiger partial charge < -0.3 is 4.74 Å². The number of hydrogen-bond donors (Lipinski definition) is 0. The van der Waals surface area contributed by atoms with E-state index in [2.05, 4.69) is 34.6 Å². The Kier molecular flexibility index (Phi) is 7.25. The highest BCUT2D eigenvalue weighted by Gasteiger charge is 2.34. The summed E-state index contributed by atoms with van der Waals surface area (Å²) in [5.41, 5.74) is 5.83. The number of carbonyl (C=O) groups excluding carboxylic acids is 2. The summed E-state index contributed by atoms with van der Waals surface area (Å²) in [6, 6.07) is 22.7. The van der Waals surface area contributed by atoms with E-state index in [-0.39, 0.29) is 24.9 Å². The molecule has 0 fully saturated rings. The Labute approximate surface area is 206 Å². The van der Waals surface area contributed by atoms with Gasteiger partial charge in [0, 0.05) is 32.1 Å². The minimum absolute atomic E-state index is 0.0834. The Morgan fingerprint density at radius 3 is 2.03 bits per heavy atom. The molecule has 1 aliphatic carbocycles. The minimum Gasteiger partial charge on any atom is -0.464 e. The number of benzene rings is 3. The first-order chi connectivity index (χ1) is 16.9. The average molecular weight is 471 g/mol. The van der Waals surface area contributed by atoms with Gasteiger partial charge in [-0.3, -0.25) is 14.7 Å². The van der Waals surface area contributed by atoms with Gasteiger partial charge in [-0.25, -0.2) is 4.79 Å². The molecule has 0 heterocycles. The number of nitrogens with zero attached hydrogens (tertiary/aromatic N) is 4. The van der Waals surface area contributed by atoms with Gasteiger partial charge >= 0.3 is 5.97 Å². The van der Waals surface area contributed by atoms with Crippen molar-refractivity contribution in [1.82, 2.24) is 5.01 Å². The molecule has 0 N–H and O–H groups in total. The first-order valence-corrected chi connectivity index (χ1v) is 11.8. The van der Waals surface area contributed by atoms with Crippen LogP contribution in [0.15, 0.2) is 83.1 Å². The Bertz CT molecular complexity index is 1190. The van der Waals surface area contributed by atoms with E-state index in [1.54, 1.807) is 57.2 Å². The number of amides is 1. The number of esters is 1. The van der Waals surface area contributed by atoms with Gasteiger partial charge in [0.05, 0.1) is 12.3 Å². The maximum absolute atomic E-state index is 13.8. The van der Waals surface area contributed by atoms with E-state index in [0.717, 1.165) is 22.3 Å². The highest BCUT2D eigenvalue weighted by atomic mass is 16.5. The molecule has 1 aliphatic rings. The summed E-state index contributed by atoms with van der Waals surface area (Å²) in [6.45, 7) is 3.71. The van der Waals surface area contributed by atoms with Crippen LogP contribution in [0.2, 0.25) is 0 Å². The van der Waals surface area contributed by atoms with E-state index in [9.17, 15) is 9.59 Å². The van der Waals surface area contributed by atoms with Crippen LogP contribution < -0.4 is 4.90 Å². The Hall–Kier alpha value is -4.00. The lowest BCUT2D eigenvalue weighted by Gasteiger charge is -2.29. The Balaban J connectivity index is 1.66. The molecular weight excluding hydrogens is 440 g/mol. The van der Waals surface area contributed by atoms with Crippen molar-refractivity contribution in [3.8, 4) is 11.1 Å². The fraction of sp³-hybridized carbons (Fsp3) is 0.286. The molecule has 0 saturated heterocycles. The van der Waals surface area contributed by atoms with Crippen molar-refractivity contribution in [2.24, 2.45) is 10.3 Å². The molecule has 1 atom stereocenters. The van der Waals surface area contributed by atoms with Gasteiger partial charge in [-0.1, -0.05) is 53.8 Å². The molecule has 0 unspecified atom stereocenters. The fourth-order valence-corrected chi connectivity index (χ4v) is 4.53. The zero-order chi connectivity index (χ0) is 24.9. The van der Waals surface area contributed by atoms with E-state index in [1.165, 1.54) is 4.90 Å². The van der Waals surface area contributed by atoms with E-state index in [1.807, 2.05) is 24.3 Å². The molecule has 0 aliphatic heterocycles. The first-order valence-electron chi connectivity index (χ1n) is 11.8. The molecule has 0 bridgehead atoms. The van der Waals surface area contributed by atoms with Gasteiger partial charge in [-0.2, -0.15) is 0 Å². The van der Waals surface area contributed by atoms with E-state index >= 15 is 0 Å². The van der Waals surface area contributed by atoms with Crippen LogP contribution >= 0.6 is 0 Å². The summed E-state index contributed by atoms with van der Waals surface area (Å²) in [7, 11) is 3.58. The second-order valence-electron chi connectivity index (χ2n) is 8.68. The smallest absolute Gasteiger partial charge is 0.328 e. The van der Waals surface area contributed by atoms with Crippen molar-refractivity contribution in [1.29, 1.82) is 0 Å². The van der Waals surface area contributed by atoms with Gasteiger partial charge in [0.1, 0.15) is 6.04 Å². The molecule has 0 aromatic heterocycles. The van der Waals surface area contributed by atoms with Crippen molar-refractivity contribution >= 4 is 23.3 Å². The van der Waals surface area contributed by atoms with Crippen molar-refractivity contribution < 1.29 is 14.3 Å². The maximum atomic E-state index is 13.8. The van der Waals surface area contributed by atoms with Crippen LogP contribution in [0.5, 0.6) is 0 Å². The van der Waals surface area contributed by atoms with Crippen molar-refractivity contribution in [2.75, 3.05) is 25.6 Å². The van der Waals surface area contributed by atoms with Crippen LogP contribution in [-0.4, -0.2) is 43.6 Å². The maximum Gasteiger partial charge on any atom is 0.328 e.